The van der Waals surface area contributed by atoms with Gasteiger partial charge in [0, 0.05) is 30.9 Å². The van der Waals surface area contributed by atoms with Crippen LogP contribution < -0.4 is 5.32 Å². The van der Waals surface area contributed by atoms with E-state index in [4.69, 9.17) is 0 Å². The van der Waals surface area contributed by atoms with Crippen LogP contribution in [0.1, 0.15) is 42.1 Å². The van der Waals surface area contributed by atoms with Gasteiger partial charge in [-0.2, -0.15) is 4.31 Å². The third-order valence-corrected chi connectivity index (χ3v) is 6.01. The summed E-state index contributed by atoms with van der Waals surface area (Å²) in [7, 11) is -2.06. The van der Waals surface area contributed by atoms with E-state index < -0.39 is 15.9 Å². The van der Waals surface area contributed by atoms with Gasteiger partial charge < -0.3 is 10.2 Å². The summed E-state index contributed by atoms with van der Waals surface area (Å²) < 4.78 is 23.8. The monoisotopic (exact) mass is 381 g/mol. The number of anilines is 1. The van der Waals surface area contributed by atoms with Crippen LogP contribution in [0.3, 0.4) is 0 Å². The normalized spacial score (nSPS) is 18.0. The van der Waals surface area contributed by atoms with Crippen molar-refractivity contribution in [2.24, 2.45) is 0 Å². The van der Waals surface area contributed by atoms with Crippen molar-refractivity contribution in [2.75, 3.05) is 31.7 Å². The molecule has 1 saturated heterocycles. The van der Waals surface area contributed by atoms with Gasteiger partial charge in [-0.3, -0.25) is 9.59 Å². The van der Waals surface area contributed by atoms with Gasteiger partial charge >= 0.3 is 0 Å². The molecule has 1 aliphatic heterocycles. The Morgan fingerprint density at radius 1 is 1.31 bits per heavy atom. The second kappa shape index (κ2) is 8.18. The first-order valence-electron chi connectivity index (χ1n) is 8.72. The minimum atomic E-state index is -3.41. The summed E-state index contributed by atoms with van der Waals surface area (Å²) in [6, 6.07) is 5.39. The Morgan fingerprint density at radius 3 is 2.58 bits per heavy atom. The maximum absolute atomic E-state index is 12.7. The third-order valence-electron chi connectivity index (χ3n) is 4.74. The van der Waals surface area contributed by atoms with Gasteiger partial charge in [0.05, 0.1) is 12.8 Å². The van der Waals surface area contributed by atoms with Gasteiger partial charge in [-0.05, 0) is 56.9 Å². The molecule has 1 N–H and O–H groups in total. The van der Waals surface area contributed by atoms with E-state index in [0.717, 1.165) is 41.9 Å². The number of rotatable bonds is 5. The van der Waals surface area contributed by atoms with Crippen molar-refractivity contribution >= 4 is 27.5 Å². The lowest BCUT2D eigenvalue weighted by molar-refractivity contribution is -0.116. The molecule has 0 aromatic heterocycles. The predicted molar refractivity (Wildman–Crippen MR) is 102 cm³/mol. The number of piperidine rings is 1. The number of hydrogen-bond acceptors (Lipinski definition) is 4. The summed E-state index contributed by atoms with van der Waals surface area (Å²) in [6.07, 6.45) is 4.24. The molecular formula is C18H27N3O4S. The van der Waals surface area contributed by atoms with E-state index in [-0.39, 0.29) is 18.5 Å². The quantitative estimate of drug-likeness (QED) is 0.843. The van der Waals surface area contributed by atoms with Gasteiger partial charge in [-0.25, -0.2) is 8.42 Å². The number of benzene rings is 1. The molecule has 0 saturated carbocycles. The second-order valence-electron chi connectivity index (χ2n) is 6.94. The zero-order valence-corrected chi connectivity index (χ0v) is 16.6. The predicted octanol–water partition coefficient (Wildman–Crippen LogP) is 1.84. The second-order valence-corrected chi connectivity index (χ2v) is 9.03. The van der Waals surface area contributed by atoms with Crippen molar-refractivity contribution in [3.05, 3.63) is 29.3 Å². The minimum Gasteiger partial charge on any atom is -0.336 e. The number of likely N-dealkylation sites (tertiary alicyclic amines) is 1. The Morgan fingerprint density at radius 2 is 2.00 bits per heavy atom. The molecule has 0 radical (unpaired) electrons. The van der Waals surface area contributed by atoms with Crippen molar-refractivity contribution in [3.63, 3.8) is 0 Å². The Labute approximate surface area is 155 Å². The van der Waals surface area contributed by atoms with Crippen LogP contribution in [0.4, 0.5) is 5.69 Å². The van der Waals surface area contributed by atoms with Crippen LogP contribution >= 0.6 is 0 Å². The first-order valence-corrected chi connectivity index (χ1v) is 10.6. The van der Waals surface area contributed by atoms with E-state index in [1.165, 1.54) is 7.05 Å². The summed E-state index contributed by atoms with van der Waals surface area (Å²) in [4.78, 5) is 26.7. The highest BCUT2D eigenvalue weighted by Crippen LogP contribution is 2.22. The summed E-state index contributed by atoms with van der Waals surface area (Å²) in [6.45, 7) is 4.39. The van der Waals surface area contributed by atoms with Gasteiger partial charge in [0.1, 0.15) is 0 Å². The zero-order valence-electron chi connectivity index (χ0n) is 15.8. The molecule has 0 bridgehead atoms. The number of carbonyl (C=O) groups is 2. The van der Waals surface area contributed by atoms with Crippen molar-refractivity contribution in [3.8, 4) is 0 Å². The highest BCUT2D eigenvalue weighted by atomic mass is 32.2. The number of nitrogens with zero attached hydrogens (tertiary/aromatic N) is 2. The number of likely N-dealkylation sites (N-methyl/N-ethyl adjacent to an activating group) is 1. The van der Waals surface area contributed by atoms with E-state index in [9.17, 15) is 18.0 Å². The maximum Gasteiger partial charge on any atom is 0.254 e. The van der Waals surface area contributed by atoms with Crippen LogP contribution in [0.15, 0.2) is 18.2 Å². The fraction of sp³-hybridized carbons (Fsp3) is 0.556. The van der Waals surface area contributed by atoms with Crippen LogP contribution in [0, 0.1) is 6.92 Å². The number of amides is 2. The molecule has 7 nitrogen and oxygen atoms in total. The summed E-state index contributed by atoms with van der Waals surface area (Å²) in [5.74, 6) is -0.417. The molecule has 1 aromatic carbocycles. The SMILES string of the molecule is Cc1cc(C(=O)N2CCCCC2C)ccc1NC(=O)CN(C)S(C)(=O)=O. The van der Waals surface area contributed by atoms with Crippen molar-refractivity contribution < 1.29 is 18.0 Å². The van der Waals surface area contributed by atoms with Crippen molar-refractivity contribution in [2.45, 2.75) is 39.2 Å². The lowest BCUT2D eigenvalue weighted by Crippen LogP contribution is -2.42. The van der Waals surface area contributed by atoms with E-state index in [0.29, 0.717) is 11.3 Å². The van der Waals surface area contributed by atoms with Crippen molar-refractivity contribution in [1.29, 1.82) is 0 Å². The molecule has 8 heteroatoms. The molecule has 1 heterocycles. The largest absolute Gasteiger partial charge is 0.336 e. The smallest absolute Gasteiger partial charge is 0.254 e. The average molecular weight is 381 g/mol. The zero-order chi connectivity index (χ0) is 19.5. The van der Waals surface area contributed by atoms with Crippen LogP contribution in [0.5, 0.6) is 0 Å². The van der Waals surface area contributed by atoms with Crippen LogP contribution in [-0.2, 0) is 14.8 Å². The topological polar surface area (TPSA) is 86.8 Å². The number of sulfonamides is 1. The molecule has 2 rings (SSSR count). The molecule has 0 spiro atoms. The van der Waals surface area contributed by atoms with Gasteiger partial charge in [0.25, 0.3) is 5.91 Å². The summed E-state index contributed by atoms with van der Waals surface area (Å²) >= 11 is 0. The third kappa shape index (κ3) is 5.04. The maximum atomic E-state index is 12.7. The van der Waals surface area contributed by atoms with E-state index in [1.54, 1.807) is 18.2 Å². The summed E-state index contributed by atoms with van der Waals surface area (Å²) in [5, 5.41) is 2.70. The molecule has 1 atom stereocenters. The van der Waals surface area contributed by atoms with E-state index in [2.05, 4.69) is 12.2 Å². The highest BCUT2D eigenvalue weighted by molar-refractivity contribution is 7.88. The Bertz CT molecular complexity index is 792. The Kier molecular flexibility index (Phi) is 6.41. The van der Waals surface area contributed by atoms with Crippen LogP contribution in [0.2, 0.25) is 0 Å². The van der Waals surface area contributed by atoms with Gasteiger partial charge in [-0.15, -0.1) is 0 Å². The minimum absolute atomic E-state index is 0.00925. The Hall–Kier alpha value is -1.93. The van der Waals surface area contributed by atoms with Crippen LogP contribution in [-0.4, -0.2) is 61.9 Å². The molecule has 1 unspecified atom stereocenters. The van der Waals surface area contributed by atoms with E-state index in [1.807, 2.05) is 11.8 Å². The number of aryl methyl sites for hydroxylation is 1. The molecule has 1 fully saturated rings. The number of carbonyl (C=O) groups excluding carboxylic acids is 2. The fourth-order valence-electron chi connectivity index (χ4n) is 3.01. The van der Waals surface area contributed by atoms with Gasteiger partial charge in [0.2, 0.25) is 15.9 Å². The van der Waals surface area contributed by atoms with Gasteiger partial charge in [-0.1, -0.05) is 0 Å². The molecule has 2 amide bonds. The molecule has 0 aliphatic carbocycles. The summed E-state index contributed by atoms with van der Waals surface area (Å²) in [5.41, 5.74) is 1.93. The van der Waals surface area contributed by atoms with Crippen molar-refractivity contribution in [1.82, 2.24) is 9.21 Å². The lowest BCUT2D eigenvalue weighted by Gasteiger charge is -2.33. The molecule has 144 valence electrons. The fourth-order valence-corrected chi connectivity index (χ4v) is 3.36. The van der Waals surface area contributed by atoms with Gasteiger partial charge in [0.15, 0.2) is 0 Å². The number of nitrogens with one attached hydrogen (secondary N) is 1. The van der Waals surface area contributed by atoms with E-state index >= 15 is 0 Å². The molecule has 1 aromatic rings. The first-order chi connectivity index (χ1) is 12.1. The standard InChI is InChI=1S/C18H27N3O4S/c1-13-11-15(18(23)21-10-6-5-7-14(21)2)8-9-16(13)19-17(22)12-20(3)26(4,24)25/h8-9,11,14H,5-7,10,12H2,1-4H3,(H,19,22). The lowest BCUT2D eigenvalue weighted by atomic mass is 10.0. The highest BCUT2D eigenvalue weighted by Gasteiger charge is 2.24. The number of hydrogen-bond donors (Lipinski definition) is 1. The molecular weight excluding hydrogens is 354 g/mol. The Balaban J connectivity index is 2.07. The average Bonchev–Trinajstić information content (AvgIpc) is 2.55. The molecule has 1 aliphatic rings. The van der Waals surface area contributed by atoms with Crippen LogP contribution in [0.25, 0.3) is 0 Å². The molecule has 26 heavy (non-hydrogen) atoms. The first kappa shape index (κ1) is 20.4.